The molecule has 1 aromatic rings. The molecule has 1 heterocycles. The average Bonchev–Trinajstić information content (AvgIpc) is 2.63. The zero-order valence-corrected chi connectivity index (χ0v) is 17.1. The molecule has 3 rings (SSSR count). The number of fused-ring (bicyclic) bond motifs is 1. The number of piperidine rings is 1. The van der Waals surface area contributed by atoms with E-state index in [1.54, 1.807) is 6.07 Å². The quantitative estimate of drug-likeness (QED) is 0.719. The molecule has 154 valence electrons. The lowest BCUT2D eigenvalue weighted by atomic mass is 9.52. The number of carbonyl (C=O) groups is 2. The zero-order valence-electron chi connectivity index (χ0n) is 17.1. The highest BCUT2D eigenvalue weighted by Gasteiger charge is 2.62. The van der Waals surface area contributed by atoms with Gasteiger partial charge in [0.25, 0.3) is 5.91 Å². The van der Waals surface area contributed by atoms with E-state index in [2.05, 4.69) is 11.8 Å². The van der Waals surface area contributed by atoms with Crippen LogP contribution < -0.4 is 5.73 Å². The predicted molar refractivity (Wildman–Crippen MR) is 107 cm³/mol. The van der Waals surface area contributed by atoms with Crippen molar-refractivity contribution in [3.63, 3.8) is 0 Å². The van der Waals surface area contributed by atoms with Crippen LogP contribution in [0.15, 0.2) is 12.1 Å². The van der Waals surface area contributed by atoms with Gasteiger partial charge in [-0.3, -0.25) is 14.5 Å². The number of aliphatic hydroxyl groups is 1. The van der Waals surface area contributed by atoms with E-state index in [4.69, 9.17) is 5.73 Å². The Labute approximate surface area is 166 Å². The molecule has 1 aliphatic heterocycles. The standard InChI is InChI=1S/C22H32N2O4/c1-4-5-11-24-12-10-21(13-16(25)8-9-22(21,28)15(24)3)18-14(2)6-7-17(19(18)26)20(23)27/h6-7,15,26,28H,4-5,8-13H2,1-3H3,(H2,23,27). The summed E-state index contributed by atoms with van der Waals surface area (Å²) in [6.07, 6.45) is 3.54. The van der Waals surface area contributed by atoms with Crippen LogP contribution in [-0.2, 0) is 10.2 Å². The van der Waals surface area contributed by atoms with Crippen molar-refractivity contribution in [3.8, 4) is 5.75 Å². The molecule has 3 unspecified atom stereocenters. The largest absolute Gasteiger partial charge is 0.507 e. The Bertz CT molecular complexity index is 793. The van der Waals surface area contributed by atoms with Gasteiger partial charge in [-0.1, -0.05) is 19.4 Å². The maximum Gasteiger partial charge on any atom is 0.252 e. The first-order valence-electron chi connectivity index (χ1n) is 10.3. The maximum atomic E-state index is 12.5. The lowest BCUT2D eigenvalue weighted by molar-refractivity contribution is -0.164. The minimum Gasteiger partial charge on any atom is -0.507 e. The second-order valence-corrected chi connectivity index (χ2v) is 8.56. The smallest absolute Gasteiger partial charge is 0.252 e. The number of likely N-dealkylation sites (tertiary alicyclic amines) is 1. The summed E-state index contributed by atoms with van der Waals surface area (Å²) in [4.78, 5) is 26.7. The van der Waals surface area contributed by atoms with Crippen molar-refractivity contribution in [2.45, 2.75) is 76.4 Å². The van der Waals surface area contributed by atoms with Gasteiger partial charge in [0.05, 0.1) is 11.2 Å². The highest BCUT2D eigenvalue weighted by molar-refractivity contribution is 5.96. The van der Waals surface area contributed by atoms with Gasteiger partial charge in [-0.25, -0.2) is 0 Å². The predicted octanol–water partition coefficient (Wildman–Crippen LogP) is 2.42. The SMILES string of the molecule is CCCCN1CCC2(c3c(C)ccc(C(N)=O)c3O)CC(=O)CCC2(O)C1C. The Morgan fingerprint density at radius 1 is 1.36 bits per heavy atom. The third-order valence-electron chi connectivity index (χ3n) is 7.11. The van der Waals surface area contributed by atoms with E-state index in [1.807, 2.05) is 13.8 Å². The summed E-state index contributed by atoms with van der Waals surface area (Å²) >= 11 is 0. The lowest BCUT2D eigenvalue weighted by Gasteiger charge is -2.60. The van der Waals surface area contributed by atoms with Gasteiger partial charge >= 0.3 is 0 Å². The Hall–Kier alpha value is -1.92. The number of amides is 1. The lowest BCUT2D eigenvalue weighted by Crippen LogP contribution is -2.70. The minimum absolute atomic E-state index is 0.0383. The molecule has 6 nitrogen and oxygen atoms in total. The molecule has 1 aliphatic carbocycles. The minimum atomic E-state index is -1.16. The number of benzene rings is 1. The van der Waals surface area contributed by atoms with Gasteiger partial charge in [-0.2, -0.15) is 0 Å². The fraction of sp³-hybridized carbons (Fsp3) is 0.636. The molecule has 1 amide bonds. The molecule has 6 heteroatoms. The molecule has 2 fully saturated rings. The number of aryl methyl sites for hydroxylation is 1. The van der Waals surface area contributed by atoms with E-state index in [0.29, 0.717) is 24.8 Å². The van der Waals surface area contributed by atoms with Crippen LogP contribution in [0.1, 0.15) is 73.9 Å². The highest BCUT2D eigenvalue weighted by atomic mass is 16.3. The molecule has 1 aromatic carbocycles. The number of rotatable bonds is 5. The average molecular weight is 389 g/mol. The second-order valence-electron chi connectivity index (χ2n) is 8.56. The Kier molecular flexibility index (Phi) is 5.56. The number of hydrogen-bond donors (Lipinski definition) is 3. The van der Waals surface area contributed by atoms with Crippen molar-refractivity contribution in [2.24, 2.45) is 5.73 Å². The third kappa shape index (κ3) is 3.03. The van der Waals surface area contributed by atoms with E-state index >= 15 is 0 Å². The topological polar surface area (TPSA) is 104 Å². The van der Waals surface area contributed by atoms with Gasteiger partial charge in [0.1, 0.15) is 11.5 Å². The molecule has 1 saturated heterocycles. The molecule has 3 atom stereocenters. The Morgan fingerprint density at radius 2 is 2.07 bits per heavy atom. The molecule has 1 saturated carbocycles. The molecule has 0 aromatic heterocycles. The number of primary amides is 1. The number of phenols is 1. The Morgan fingerprint density at radius 3 is 2.71 bits per heavy atom. The molecular formula is C22H32N2O4. The van der Waals surface area contributed by atoms with Crippen LogP contribution in [0.2, 0.25) is 0 Å². The van der Waals surface area contributed by atoms with Gasteiger partial charge in [0.15, 0.2) is 0 Å². The van der Waals surface area contributed by atoms with Gasteiger partial charge < -0.3 is 15.9 Å². The van der Waals surface area contributed by atoms with Crippen LogP contribution in [0.5, 0.6) is 5.75 Å². The molecule has 2 aliphatic rings. The van der Waals surface area contributed by atoms with Crippen molar-refractivity contribution in [2.75, 3.05) is 13.1 Å². The van der Waals surface area contributed by atoms with Crippen LogP contribution in [-0.4, -0.2) is 51.5 Å². The van der Waals surface area contributed by atoms with Crippen LogP contribution in [0.3, 0.4) is 0 Å². The molecule has 0 bridgehead atoms. The Balaban J connectivity index is 2.17. The first-order chi connectivity index (χ1) is 13.2. The highest BCUT2D eigenvalue weighted by Crippen LogP contribution is 2.56. The van der Waals surface area contributed by atoms with Gasteiger partial charge in [0.2, 0.25) is 0 Å². The van der Waals surface area contributed by atoms with Crippen LogP contribution >= 0.6 is 0 Å². The fourth-order valence-electron chi connectivity index (χ4n) is 5.48. The maximum absolute atomic E-state index is 12.5. The van der Waals surface area contributed by atoms with Crippen LogP contribution in [0.4, 0.5) is 0 Å². The molecule has 0 radical (unpaired) electrons. The number of Topliss-reactive ketones (excluding diaryl/α,β-unsaturated/α-hetero) is 1. The summed E-state index contributed by atoms with van der Waals surface area (Å²) < 4.78 is 0. The van der Waals surface area contributed by atoms with Crippen LogP contribution in [0.25, 0.3) is 0 Å². The monoisotopic (exact) mass is 388 g/mol. The summed E-state index contributed by atoms with van der Waals surface area (Å²) in [5.74, 6) is -0.814. The van der Waals surface area contributed by atoms with Crippen molar-refractivity contribution >= 4 is 11.7 Å². The normalized spacial score (nSPS) is 30.9. The summed E-state index contributed by atoms with van der Waals surface area (Å²) in [7, 11) is 0. The summed E-state index contributed by atoms with van der Waals surface area (Å²) in [6.45, 7) is 7.64. The third-order valence-corrected chi connectivity index (χ3v) is 7.11. The number of unbranched alkanes of at least 4 members (excludes halogenated alkanes) is 1. The first kappa shape index (κ1) is 20.8. The number of nitrogens with zero attached hydrogens (tertiary/aromatic N) is 1. The number of nitrogens with two attached hydrogens (primary N) is 1. The van der Waals surface area contributed by atoms with Gasteiger partial charge in [0, 0.05) is 29.9 Å². The molecule has 0 spiro atoms. The first-order valence-corrected chi connectivity index (χ1v) is 10.3. The number of ketones is 1. The van der Waals surface area contributed by atoms with Crippen molar-refractivity contribution in [1.82, 2.24) is 4.90 Å². The summed E-state index contributed by atoms with van der Waals surface area (Å²) in [6, 6.07) is 3.10. The van der Waals surface area contributed by atoms with E-state index < -0.39 is 16.9 Å². The van der Waals surface area contributed by atoms with Crippen molar-refractivity contribution in [3.05, 3.63) is 28.8 Å². The van der Waals surface area contributed by atoms with E-state index in [9.17, 15) is 19.8 Å². The molecule has 4 N–H and O–H groups in total. The second kappa shape index (κ2) is 7.48. The van der Waals surface area contributed by atoms with Crippen LogP contribution in [0, 0.1) is 6.92 Å². The van der Waals surface area contributed by atoms with Gasteiger partial charge in [-0.05, 0) is 57.8 Å². The number of aromatic hydroxyl groups is 1. The summed E-state index contributed by atoms with van der Waals surface area (Å²) in [5, 5.41) is 23.0. The van der Waals surface area contributed by atoms with Crippen molar-refractivity contribution < 1.29 is 19.8 Å². The molecule has 28 heavy (non-hydrogen) atoms. The summed E-state index contributed by atoms with van der Waals surface area (Å²) in [5.41, 5.74) is 4.70. The molecular weight excluding hydrogens is 356 g/mol. The number of hydrogen-bond acceptors (Lipinski definition) is 5. The van der Waals surface area contributed by atoms with E-state index in [-0.39, 0.29) is 29.6 Å². The van der Waals surface area contributed by atoms with E-state index in [0.717, 1.165) is 31.5 Å². The van der Waals surface area contributed by atoms with E-state index in [1.165, 1.54) is 6.07 Å². The van der Waals surface area contributed by atoms with Gasteiger partial charge in [-0.15, -0.1) is 0 Å². The fourth-order valence-corrected chi connectivity index (χ4v) is 5.48. The van der Waals surface area contributed by atoms with Crippen molar-refractivity contribution in [1.29, 1.82) is 0 Å². The number of carbonyl (C=O) groups excluding carboxylic acids is 2. The zero-order chi connectivity index (χ0) is 20.7.